The number of aromatic nitrogens is 2. The Hall–Kier alpha value is -3.46. The molecular formula is C27H28F3N3O3. The number of benzene rings is 2. The monoisotopic (exact) mass is 499 g/mol. The van der Waals surface area contributed by atoms with Crippen LogP contribution < -0.4 is 5.32 Å². The highest BCUT2D eigenvalue weighted by atomic mass is 19.4. The molecule has 0 spiro atoms. The van der Waals surface area contributed by atoms with Gasteiger partial charge in [0.2, 0.25) is 5.95 Å². The van der Waals surface area contributed by atoms with Crippen LogP contribution in [0.1, 0.15) is 49.4 Å². The molecule has 0 amide bonds. The lowest BCUT2D eigenvalue weighted by Gasteiger charge is -2.38. The molecule has 0 radical (unpaired) electrons. The highest BCUT2D eigenvalue weighted by Crippen LogP contribution is 2.42. The summed E-state index contributed by atoms with van der Waals surface area (Å²) in [5.74, 6) is -1.30. The zero-order valence-corrected chi connectivity index (χ0v) is 20.0. The fraction of sp³-hybridized carbons (Fsp3) is 0.370. The van der Waals surface area contributed by atoms with Crippen LogP contribution in [0.2, 0.25) is 0 Å². The summed E-state index contributed by atoms with van der Waals surface area (Å²) in [7, 11) is 0. The Balaban J connectivity index is 1.53. The molecule has 1 aliphatic carbocycles. The van der Waals surface area contributed by atoms with Gasteiger partial charge in [-0.3, -0.25) is 4.79 Å². The van der Waals surface area contributed by atoms with Crippen molar-refractivity contribution in [2.75, 3.05) is 5.32 Å². The van der Waals surface area contributed by atoms with E-state index in [4.69, 9.17) is 0 Å². The molecule has 1 atom stereocenters. The second kappa shape index (κ2) is 9.89. The normalized spacial score (nSPS) is 19.9. The molecule has 1 fully saturated rings. The third kappa shape index (κ3) is 5.51. The Morgan fingerprint density at radius 1 is 1.03 bits per heavy atom. The number of aliphatic hydroxyl groups is 1. The first-order chi connectivity index (χ1) is 16.9. The number of carbonyl (C=O) groups is 1. The average molecular weight is 500 g/mol. The van der Waals surface area contributed by atoms with Gasteiger partial charge < -0.3 is 15.5 Å². The largest absolute Gasteiger partial charge is 0.481 e. The summed E-state index contributed by atoms with van der Waals surface area (Å²) in [6.45, 7) is 3.72. The summed E-state index contributed by atoms with van der Waals surface area (Å²) < 4.78 is 38.9. The second-order valence-electron chi connectivity index (χ2n) is 9.53. The van der Waals surface area contributed by atoms with E-state index in [0.717, 1.165) is 34.5 Å². The Bertz CT molecular complexity index is 1250. The van der Waals surface area contributed by atoms with Gasteiger partial charge in [0.1, 0.15) is 5.69 Å². The number of aliphatic carboxylic acids is 1. The molecule has 1 heterocycles. The Kier molecular flexibility index (Phi) is 7.04. The SMILES string of the molecule is Cc1cc(-c2cccc(Nc3nccc(C(F)(F)F)n3)c2)ccc1[C@@](C)(O)[C@H]1CC[C@H](C(=O)O)CC1. The Labute approximate surface area is 207 Å². The predicted molar refractivity (Wildman–Crippen MR) is 130 cm³/mol. The quantitative estimate of drug-likeness (QED) is 0.368. The van der Waals surface area contributed by atoms with Crippen molar-refractivity contribution < 1.29 is 28.2 Å². The number of halogens is 3. The maximum atomic E-state index is 13.0. The van der Waals surface area contributed by atoms with E-state index < -0.39 is 23.4 Å². The molecule has 4 rings (SSSR count). The molecule has 1 aliphatic rings. The summed E-state index contributed by atoms with van der Waals surface area (Å²) >= 11 is 0. The van der Waals surface area contributed by atoms with E-state index in [1.807, 2.05) is 31.2 Å². The van der Waals surface area contributed by atoms with Crippen LogP contribution in [-0.4, -0.2) is 26.2 Å². The molecule has 0 saturated heterocycles. The van der Waals surface area contributed by atoms with E-state index in [9.17, 15) is 28.2 Å². The number of aryl methyl sites for hydroxylation is 1. The summed E-state index contributed by atoms with van der Waals surface area (Å²) in [5, 5.41) is 23.5. The van der Waals surface area contributed by atoms with E-state index >= 15 is 0 Å². The van der Waals surface area contributed by atoms with Crippen molar-refractivity contribution >= 4 is 17.6 Å². The van der Waals surface area contributed by atoms with Gasteiger partial charge in [0, 0.05) is 11.9 Å². The van der Waals surface area contributed by atoms with E-state index in [1.54, 1.807) is 25.1 Å². The minimum absolute atomic E-state index is 0.0300. The van der Waals surface area contributed by atoms with Crippen LogP contribution in [0.25, 0.3) is 11.1 Å². The molecule has 9 heteroatoms. The van der Waals surface area contributed by atoms with E-state index in [2.05, 4.69) is 15.3 Å². The third-order valence-corrected chi connectivity index (χ3v) is 7.04. The van der Waals surface area contributed by atoms with Gasteiger partial charge in [-0.05, 0) is 85.9 Å². The smallest absolute Gasteiger partial charge is 0.433 e. The molecule has 0 bridgehead atoms. The van der Waals surface area contributed by atoms with Gasteiger partial charge in [-0.25, -0.2) is 9.97 Å². The first kappa shape index (κ1) is 25.6. The van der Waals surface area contributed by atoms with Crippen LogP contribution in [0.3, 0.4) is 0 Å². The van der Waals surface area contributed by atoms with Gasteiger partial charge in [-0.1, -0.05) is 30.3 Å². The fourth-order valence-electron chi connectivity index (χ4n) is 5.02. The zero-order valence-electron chi connectivity index (χ0n) is 20.0. The molecular weight excluding hydrogens is 471 g/mol. The fourth-order valence-corrected chi connectivity index (χ4v) is 5.02. The molecule has 2 aromatic carbocycles. The number of rotatable bonds is 6. The summed E-state index contributed by atoms with van der Waals surface area (Å²) in [6.07, 6.45) is -1.08. The number of hydrogen-bond acceptors (Lipinski definition) is 5. The van der Waals surface area contributed by atoms with Crippen LogP contribution in [0.15, 0.2) is 54.7 Å². The zero-order chi connectivity index (χ0) is 26.1. The Morgan fingerprint density at radius 3 is 2.36 bits per heavy atom. The van der Waals surface area contributed by atoms with Crippen molar-refractivity contribution in [1.82, 2.24) is 9.97 Å². The number of hydrogen-bond donors (Lipinski definition) is 3. The van der Waals surface area contributed by atoms with Gasteiger partial charge >= 0.3 is 12.1 Å². The minimum Gasteiger partial charge on any atom is -0.481 e. The van der Waals surface area contributed by atoms with Crippen LogP contribution in [-0.2, 0) is 16.6 Å². The lowest BCUT2D eigenvalue weighted by molar-refractivity contribution is -0.144. The minimum atomic E-state index is -4.56. The third-order valence-electron chi connectivity index (χ3n) is 7.04. The summed E-state index contributed by atoms with van der Waals surface area (Å²) in [5.41, 5.74) is 1.85. The van der Waals surface area contributed by atoms with Crippen molar-refractivity contribution in [2.24, 2.45) is 11.8 Å². The van der Waals surface area contributed by atoms with Crippen molar-refractivity contribution in [1.29, 1.82) is 0 Å². The first-order valence-corrected chi connectivity index (χ1v) is 11.8. The van der Waals surface area contributed by atoms with Crippen LogP contribution in [0.5, 0.6) is 0 Å². The number of nitrogens with zero attached hydrogens (tertiary/aromatic N) is 2. The van der Waals surface area contributed by atoms with Crippen molar-refractivity contribution in [3.8, 4) is 11.1 Å². The van der Waals surface area contributed by atoms with E-state index in [-0.39, 0.29) is 17.8 Å². The molecule has 6 nitrogen and oxygen atoms in total. The molecule has 3 N–H and O–H groups in total. The molecule has 1 saturated carbocycles. The lowest BCUT2D eigenvalue weighted by Crippen LogP contribution is -2.36. The number of nitrogens with one attached hydrogen (secondary N) is 1. The summed E-state index contributed by atoms with van der Waals surface area (Å²) in [4.78, 5) is 18.7. The highest BCUT2D eigenvalue weighted by molar-refractivity contribution is 5.71. The highest BCUT2D eigenvalue weighted by Gasteiger charge is 2.38. The van der Waals surface area contributed by atoms with Gasteiger partial charge in [-0.2, -0.15) is 13.2 Å². The Morgan fingerprint density at radius 2 is 1.72 bits per heavy atom. The van der Waals surface area contributed by atoms with Crippen molar-refractivity contribution in [3.05, 3.63) is 71.5 Å². The van der Waals surface area contributed by atoms with Crippen molar-refractivity contribution in [2.45, 2.75) is 51.3 Å². The summed E-state index contributed by atoms with van der Waals surface area (Å²) in [6, 6.07) is 13.8. The van der Waals surface area contributed by atoms with Gasteiger partial charge in [0.05, 0.1) is 11.5 Å². The van der Waals surface area contributed by atoms with Gasteiger partial charge in [0.15, 0.2) is 0 Å². The van der Waals surface area contributed by atoms with Crippen LogP contribution in [0, 0.1) is 18.8 Å². The number of carboxylic acids is 1. The van der Waals surface area contributed by atoms with E-state index in [0.29, 0.717) is 31.4 Å². The number of anilines is 2. The average Bonchev–Trinajstić information content (AvgIpc) is 2.83. The number of alkyl halides is 3. The van der Waals surface area contributed by atoms with Crippen LogP contribution >= 0.6 is 0 Å². The number of carboxylic acid groups (broad SMARTS) is 1. The van der Waals surface area contributed by atoms with E-state index in [1.165, 1.54) is 0 Å². The maximum Gasteiger partial charge on any atom is 0.433 e. The lowest BCUT2D eigenvalue weighted by atomic mass is 9.70. The first-order valence-electron chi connectivity index (χ1n) is 11.8. The van der Waals surface area contributed by atoms with Gasteiger partial charge in [-0.15, -0.1) is 0 Å². The van der Waals surface area contributed by atoms with Gasteiger partial charge in [0.25, 0.3) is 0 Å². The standard InChI is InChI=1S/C27H28F3N3O3/c1-16-14-19(8-11-22(16)26(2,36)20-9-6-17(7-10-20)24(34)35)18-4-3-5-21(15-18)32-25-31-13-12-23(33-25)27(28,29)30/h3-5,8,11-15,17,20,36H,6-7,9-10H2,1-2H3,(H,34,35)(H,31,32,33)/t17-,20-,26-/m0/s1. The van der Waals surface area contributed by atoms with Crippen LogP contribution in [0.4, 0.5) is 24.8 Å². The maximum absolute atomic E-state index is 13.0. The molecule has 1 aromatic heterocycles. The van der Waals surface area contributed by atoms with Crippen molar-refractivity contribution in [3.63, 3.8) is 0 Å². The topological polar surface area (TPSA) is 95.3 Å². The second-order valence-corrected chi connectivity index (χ2v) is 9.53. The molecule has 0 aliphatic heterocycles. The molecule has 36 heavy (non-hydrogen) atoms. The molecule has 190 valence electrons. The predicted octanol–water partition coefficient (Wildman–Crippen LogP) is 6.31. The molecule has 0 unspecified atom stereocenters. The molecule has 3 aromatic rings.